The maximum Gasteiger partial charge on any atom is 0.128 e. The Bertz CT molecular complexity index is 482. The molecule has 0 fully saturated rings. The maximum atomic E-state index is 5.31. The molecule has 1 aromatic carbocycles. The fraction of sp³-hybridized carbons (Fsp3) is 0.231. The summed E-state index contributed by atoms with van der Waals surface area (Å²) in [6.07, 6.45) is 6.29. The summed E-state index contributed by atoms with van der Waals surface area (Å²) in [6, 6.07) is 8.22. The molecule has 2 nitrogen and oxygen atoms in total. The molecule has 0 unspecified atom stereocenters. The Labute approximate surface area is 89.8 Å². The highest BCUT2D eigenvalue weighted by molar-refractivity contribution is 5.86. The van der Waals surface area contributed by atoms with E-state index in [1.54, 1.807) is 7.11 Å². The van der Waals surface area contributed by atoms with Gasteiger partial charge in [0.15, 0.2) is 0 Å². The number of fused-ring (bicyclic) bond motifs is 1. The number of nitrogens with zero attached hydrogens (tertiary/aromatic N) is 1. The molecule has 0 N–H and O–H groups in total. The predicted octanol–water partition coefficient (Wildman–Crippen LogP) is 3.23. The highest BCUT2D eigenvalue weighted by Gasteiger charge is 2.03. The fourth-order valence-electron chi connectivity index (χ4n) is 1.75. The van der Waals surface area contributed by atoms with Crippen LogP contribution < -0.4 is 4.74 Å². The lowest BCUT2D eigenvalue weighted by molar-refractivity contribution is 0.420. The Kier molecular flexibility index (Phi) is 2.77. The van der Waals surface area contributed by atoms with Gasteiger partial charge in [0.1, 0.15) is 5.75 Å². The minimum absolute atomic E-state index is 0.910. The van der Waals surface area contributed by atoms with Gasteiger partial charge in [0.2, 0.25) is 0 Å². The number of ether oxygens (including phenoxy) is 1. The Morgan fingerprint density at radius 3 is 2.93 bits per heavy atom. The summed E-state index contributed by atoms with van der Waals surface area (Å²) in [5.74, 6) is 0.937. The van der Waals surface area contributed by atoms with Crippen molar-refractivity contribution in [2.45, 2.75) is 13.5 Å². The van der Waals surface area contributed by atoms with Crippen LogP contribution in [0.3, 0.4) is 0 Å². The first-order valence-electron chi connectivity index (χ1n) is 5.10. The van der Waals surface area contributed by atoms with E-state index in [2.05, 4.69) is 35.0 Å². The smallest absolute Gasteiger partial charge is 0.128 e. The van der Waals surface area contributed by atoms with E-state index in [1.165, 1.54) is 10.9 Å². The largest absolute Gasteiger partial charge is 0.496 e. The van der Waals surface area contributed by atoms with Crippen molar-refractivity contribution in [1.29, 1.82) is 0 Å². The van der Waals surface area contributed by atoms with Crippen molar-refractivity contribution in [3.05, 3.63) is 42.6 Å². The topological polar surface area (TPSA) is 14.2 Å². The van der Waals surface area contributed by atoms with Gasteiger partial charge in [-0.1, -0.05) is 18.2 Å². The number of methoxy groups -OCH3 is 1. The van der Waals surface area contributed by atoms with Gasteiger partial charge in [-0.2, -0.15) is 0 Å². The van der Waals surface area contributed by atoms with E-state index in [9.17, 15) is 0 Å². The third-order valence-electron chi connectivity index (χ3n) is 2.53. The molecule has 0 bridgehead atoms. The molecule has 78 valence electrons. The second-order valence-corrected chi connectivity index (χ2v) is 3.43. The van der Waals surface area contributed by atoms with Crippen LogP contribution in [0.15, 0.2) is 42.6 Å². The summed E-state index contributed by atoms with van der Waals surface area (Å²) in [4.78, 5) is 0. The normalized spacial score (nSPS) is 11.3. The standard InChI is InChI=1S/C13H15NO/c1-3-4-9-14-10-8-11-12(14)6-5-7-13(11)15-2/h3-8,10H,9H2,1-2H3/b4-3+. The van der Waals surface area contributed by atoms with Gasteiger partial charge >= 0.3 is 0 Å². The van der Waals surface area contributed by atoms with E-state index >= 15 is 0 Å². The average Bonchev–Trinajstić information content (AvgIpc) is 2.69. The van der Waals surface area contributed by atoms with Gasteiger partial charge in [0.05, 0.1) is 12.6 Å². The third-order valence-corrected chi connectivity index (χ3v) is 2.53. The van der Waals surface area contributed by atoms with E-state index in [0.29, 0.717) is 0 Å². The Morgan fingerprint density at radius 1 is 1.33 bits per heavy atom. The molecule has 0 atom stereocenters. The Balaban J connectivity index is 2.50. The lowest BCUT2D eigenvalue weighted by Gasteiger charge is -2.03. The van der Waals surface area contributed by atoms with Crippen LogP contribution in [-0.4, -0.2) is 11.7 Å². The molecule has 2 heteroatoms. The number of aromatic nitrogens is 1. The van der Waals surface area contributed by atoms with Crippen LogP contribution in [0.2, 0.25) is 0 Å². The first kappa shape index (κ1) is 9.84. The summed E-state index contributed by atoms with van der Waals surface area (Å²) in [7, 11) is 1.71. The van der Waals surface area contributed by atoms with E-state index in [4.69, 9.17) is 4.74 Å². The van der Waals surface area contributed by atoms with Gasteiger partial charge in [-0.25, -0.2) is 0 Å². The number of allylic oxidation sites excluding steroid dienone is 2. The highest BCUT2D eigenvalue weighted by atomic mass is 16.5. The molecule has 0 saturated carbocycles. The number of benzene rings is 1. The van der Waals surface area contributed by atoms with Crippen LogP contribution in [0, 0.1) is 0 Å². The Morgan fingerprint density at radius 2 is 2.20 bits per heavy atom. The zero-order valence-electron chi connectivity index (χ0n) is 9.10. The minimum Gasteiger partial charge on any atom is -0.496 e. The molecule has 0 aliphatic heterocycles. The zero-order chi connectivity index (χ0) is 10.7. The lowest BCUT2D eigenvalue weighted by atomic mass is 10.2. The maximum absolute atomic E-state index is 5.31. The zero-order valence-corrected chi connectivity index (χ0v) is 9.10. The molecule has 15 heavy (non-hydrogen) atoms. The van der Waals surface area contributed by atoms with E-state index in [0.717, 1.165) is 12.3 Å². The molecule has 0 saturated heterocycles. The number of hydrogen-bond donors (Lipinski definition) is 0. The van der Waals surface area contributed by atoms with Crippen LogP contribution >= 0.6 is 0 Å². The van der Waals surface area contributed by atoms with Gasteiger partial charge in [-0.15, -0.1) is 0 Å². The quantitative estimate of drug-likeness (QED) is 0.695. The average molecular weight is 201 g/mol. The summed E-state index contributed by atoms with van der Waals surface area (Å²) < 4.78 is 7.52. The van der Waals surface area contributed by atoms with Gasteiger partial charge in [0, 0.05) is 18.1 Å². The van der Waals surface area contributed by atoms with E-state index in [1.807, 2.05) is 19.1 Å². The number of hydrogen-bond acceptors (Lipinski definition) is 1. The fourth-order valence-corrected chi connectivity index (χ4v) is 1.75. The number of rotatable bonds is 3. The van der Waals surface area contributed by atoms with Crippen LogP contribution in [0.25, 0.3) is 10.9 Å². The molecule has 0 aliphatic rings. The van der Waals surface area contributed by atoms with Crippen LogP contribution in [0.4, 0.5) is 0 Å². The summed E-state index contributed by atoms with van der Waals surface area (Å²) >= 11 is 0. The second kappa shape index (κ2) is 4.22. The highest BCUT2D eigenvalue weighted by Crippen LogP contribution is 2.26. The monoisotopic (exact) mass is 201 g/mol. The van der Waals surface area contributed by atoms with Gasteiger partial charge in [0.25, 0.3) is 0 Å². The first-order chi connectivity index (χ1) is 7.36. The molecule has 0 radical (unpaired) electrons. The molecule has 2 aromatic rings. The van der Waals surface area contributed by atoms with Crippen molar-refractivity contribution in [2.75, 3.05) is 7.11 Å². The molecule has 0 spiro atoms. The van der Waals surface area contributed by atoms with Crippen molar-refractivity contribution < 1.29 is 4.74 Å². The van der Waals surface area contributed by atoms with Crippen molar-refractivity contribution in [2.24, 2.45) is 0 Å². The summed E-state index contributed by atoms with van der Waals surface area (Å²) in [5.41, 5.74) is 1.22. The Hall–Kier alpha value is -1.70. The molecule has 1 aromatic heterocycles. The van der Waals surface area contributed by atoms with Crippen LogP contribution in [0.1, 0.15) is 6.92 Å². The van der Waals surface area contributed by atoms with Gasteiger partial charge < -0.3 is 9.30 Å². The molecule has 2 rings (SSSR count). The van der Waals surface area contributed by atoms with Crippen molar-refractivity contribution in [3.8, 4) is 5.75 Å². The summed E-state index contributed by atoms with van der Waals surface area (Å²) in [6.45, 7) is 2.94. The van der Waals surface area contributed by atoms with Crippen LogP contribution in [-0.2, 0) is 6.54 Å². The molecule has 0 aliphatic carbocycles. The van der Waals surface area contributed by atoms with Crippen molar-refractivity contribution in [3.63, 3.8) is 0 Å². The van der Waals surface area contributed by atoms with Crippen LogP contribution in [0.5, 0.6) is 5.75 Å². The summed E-state index contributed by atoms with van der Waals surface area (Å²) in [5, 5.41) is 1.17. The molecular formula is C13H15NO. The molecular weight excluding hydrogens is 186 g/mol. The third kappa shape index (κ3) is 1.75. The lowest BCUT2D eigenvalue weighted by Crippen LogP contribution is -1.92. The van der Waals surface area contributed by atoms with Crippen molar-refractivity contribution in [1.82, 2.24) is 4.57 Å². The van der Waals surface area contributed by atoms with E-state index < -0.39 is 0 Å². The molecule has 1 heterocycles. The second-order valence-electron chi connectivity index (χ2n) is 3.43. The van der Waals surface area contributed by atoms with Crippen molar-refractivity contribution >= 4 is 10.9 Å². The predicted molar refractivity (Wildman–Crippen MR) is 63.3 cm³/mol. The van der Waals surface area contributed by atoms with E-state index in [-0.39, 0.29) is 0 Å². The van der Waals surface area contributed by atoms with Gasteiger partial charge in [-0.3, -0.25) is 0 Å². The minimum atomic E-state index is 0.910. The first-order valence-corrected chi connectivity index (χ1v) is 5.10. The SMILES string of the molecule is C/C=C/Cn1ccc2c(OC)cccc21. The van der Waals surface area contributed by atoms with Gasteiger partial charge in [-0.05, 0) is 25.1 Å². The molecule has 0 amide bonds.